The van der Waals surface area contributed by atoms with Crippen LogP contribution in [0.15, 0.2) is 0 Å². The largest absolute Gasteiger partial charge is 0.390 e. The lowest BCUT2D eigenvalue weighted by molar-refractivity contribution is -0.122. The molecule has 1 amide bonds. The fourth-order valence-corrected chi connectivity index (χ4v) is 3.23. The van der Waals surface area contributed by atoms with E-state index in [0.717, 1.165) is 38.9 Å². The molecule has 2 unspecified atom stereocenters. The van der Waals surface area contributed by atoms with Gasteiger partial charge in [-0.25, -0.2) is 0 Å². The predicted octanol–water partition coefficient (Wildman–Crippen LogP) is 0.749. The van der Waals surface area contributed by atoms with E-state index in [0.29, 0.717) is 12.3 Å². The zero-order chi connectivity index (χ0) is 12.3. The van der Waals surface area contributed by atoms with E-state index >= 15 is 0 Å². The standard InChI is InChI=1S/C13H24N2O2/c1-14-12(16)5-8-15-9-7-13(17)6-3-2-4-11(13)10-15/h11,17H,2-10H2,1H3,(H,14,16). The van der Waals surface area contributed by atoms with Crippen molar-refractivity contribution in [3.05, 3.63) is 0 Å². The number of piperidine rings is 1. The molecule has 2 aliphatic rings. The number of carbonyl (C=O) groups is 1. The van der Waals surface area contributed by atoms with E-state index in [-0.39, 0.29) is 5.91 Å². The Morgan fingerprint density at radius 2 is 2.29 bits per heavy atom. The summed E-state index contributed by atoms with van der Waals surface area (Å²) >= 11 is 0. The molecule has 0 bridgehead atoms. The number of hydrogen-bond acceptors (Lipinski definition) is 3. The highest BCUT2D eigenvalue weighted by Gasteiger charge is 2.42. The van der Waals surface area contributed by atoms with Crippen molar-refractivity contribution in [1.29, 1.82) is 0 Å². The lowest BCUT2D eigenvalue weighted by atomic mass is 9.71. The second-order valence-electron chi connectivity index (χ2n) is 5.52. The van der Waals surface area contributed by atoms with E-state index in [1.165, 1.54) is 12.8 Å². The number of likely N-dealkylation sites (tertiary alicyclic amines) is 1. The molecule has 0 aromatic heterocycles. The van der Waals surface area contributed by atoms with Crippen LogP contribution in [0.1, 0.15) is 38.5 Å². The van der Waals surface area contributed by atoms with Gasteiger partial charge in [-0.1, -0.05) is 12.8 Å². The van der Waals surface area contributed by atoms with Crippen LogP contribution in [0.3, 0.4) is 0 Å². The Morgan fingerprint density at radius 3 is 3.06 bits per heavy atom. The van der Waals surface area contributed by atoms with E-state index in [2.05, 4.69) is 10.2 Å². The summed E-state index contributed by atoms with van der Waals surface area (Å²) < 4.78 is 0. The van der Waals surface area contributed by atoms with Crippen molar-refractivity contribution in [2.75, 3.05) is 26.7 Å². The van der Waals surface area contributed by atoms with Gasteiger partial charge in [0.05, 0.1) is 5.60 Å². The van der Waals surface area contributed by atoms with Gasteiger partial charge in [-0.2, -0.15) is 0 Å². The van der Waals surface area contributed by atoms with E-state index in [1.54, 1.807) is 7.05 Å². The van der Waals surface area contributed by atoms with Crippen molar-refractivity contribution in [1.82, 2.24) is 10.2 Å². The maximum atomic E-state index is 11.2. The first-order valence-electron chi connectivity index (χ1n) is 6.79. The molecule has 4 nitrogen and oxygen atoms in total. The molecule has 98 valence electrons. The number of rotatable bonds is 3. The Morgan fingerprint density at radius 1 is 1.47 bits per heavy atom. The highest BCUT2D eigenvalue weighted by molar-refractivity contribution is 5.75. The summed E-state index contributed by atoms with van der Waals surface area (Å²) in [5.41, 5.74) is -0.401. The predicted molar refractivity (Wildman–Crippen MR) is 66.6 cm³/mol. The molecular formula is C13H24N2O2. The molecule has 4 heteroatoms. The van der Waals surface area contributed by atoms with Crippen molar-refractivity contribution in [3.8, 4) is 0 Å². The molecule has 0 radical (unpaired) electrons. The molecule has 2 atom stereocenters. The third-order valence-electron chi connectivity index (χ3n) is 4.45. The summed E-state index contributed by atoms with van der Waals surface area (Å²) in [5.74, 6) is 0.532. The number of amides is 1. The summed E-state index contributed by atoms with van der Waals surface area (Å²) in [6, 6.07) is 0. The van der Waals surface area contributed by atoms with Gasteiger partial charge in [-0.3, -0.25) is 4.79 Å². The first-order chi connectivity index (χ1) is 8.14. The Hall–Kier alpha value is -0.610. The Labute approximate surface area is 103 Å². The van der Waals surface area contributed by atoms with Crippen molar-refractivity contribution in [2.24, 2.45) is 5.92 Å². The number of hydrogen-bond donors (Lipinski definition) is 2. The van der Waals surface area contributed by atoms with Gasteiger partial charge in [0.2, 0.25) is 5.91 Å². The van der Waals surface area contributed by atoms with Crippen LogP contribution < -0.4 is 5.32 Å². The molecule has 1 heterocycles. The highest BCUT2D eigenvalue weighted by atomic mass is 16.3. The van der Waals surface area contributed by atoms with Crippen molar-refractivity contribution in [3.63, 3.8) is 0 Å². The second kappa shape index (κ2) is 5.36. The van der Waals surface area contributed by atoms with Crippen molar-refractivity contribution >= 4 is 5.91 Å². The maximum absolute atomic E-state index is 11.2. The summed E-state index contributed by atoms with van der Waals surface area (Å²) in [6.45, 7) is 2.73. The van der Waals surface area contributed by atoms with Crippen molar-refractivity contribution in [2.45, 2.75) is 44.1 Å². The molecule has 1 saturated heterocycles. The molecule has 2 rings (SSSR count). The van der Waals surface area contributed by atoms with Gasteiger partial charge in [0.1, 0.15) is 0 Å². The number of aliphatic hydroxyl groups is 1. The first kappa shape index (κ1) is 12.8. The summed E-state index contributed by atoms with van der Waals surface area (Å²) in [5, 5.41) is 13.2. The van der Waals surface area contributed by atoms with Gasteiger partial charge >= 0.3 is 0 Å². The summed E-state index contributed by atoms with van der Waals surface area (Å²) in [4.78, 5) is 13.5. The fourth-order valence-electron chi connectivity index (χ4n) is 3.23. The third kappa shape index (κ3) is 2.99. The molecule has 2 N–H and O–H groups in total. The van der Waals surface area contributed by atoms with Crippen LogP contribution in [0, 0.1) is 5.92 Å². The monoisotopic (exact) mass is 240 g/mol. The Kier molecular flexibility index (Phi) is 4.05. The number of carbonyl (C=O) groups excluding carboxylic acids is 1. The van der Waals surface area contributed by atoms with Gasteiger partial charge in [0, 0.05) is 39.0 Å². The number of nitrogens with one attached hydrogen (secondary N) is 1. The van der Waals surface area contributed by atoms with Crippen LogP contribution in [-0.2, 0) is 4.79 Å². The van der Waals surface area contributed by atoms with Gasteiger partial charge in [0.15, 0.2) is 0 Å². The van der Waals surface area contributed by atoms with Crippen LogP contribution in [0.5, 0.6) is 0 Å². The molecule has 1 saturated carbocycles. The van der Waals surface area contributed by atoms with Crippen LogP contribution in [-0.4, -0.2) is 48.2 Å². The molecular weight excluding hydrogens is 216 g/mol. The molecule has 1 aliphatic heterocycles. The molecule has 0 spiro atoms. The lowest BCUT2D eigenvalue weighted by Gasteiger charge is -2.47. The molecule has 0 aromatic rings. The zero-order valence-electron chi connectivity index (χ0n) is 10.7. The number of nitrogens with zero attached hydrogens (tertiary/aromatic N) is 1. The average Bonchev–Trinajstić information content (AvgIpc) is 2.35. The molecule has 1 aliphatic carbocycles. The topological polar surface area (TPSA) is 52.6 Å². The van der Waals surface area contributed by atoms with E-state index < -0.39 is 5.60 Å². The molecule has 0 aromatic carbocycles. The molecule has 17 heavy (non-hydrogen) atoms. The number of fused-ring (bicyclic) bond motifs is 1. The Bertz CT molecular complexity index is 283. The SMILES string of the molecule is CNC(=O)CCN1CCC2(O)CCCCC2C1. The van der Waals surface area contributed by atoms with E-state index in [9.17, 15) is 9.90 Å². The fraction of sp³-hybridized carbons (Fsp3) is 0.923. The minimum absolute atomic E-state index is 0.106. The highest BCUT2D eigenvalue weighted by Crippen LogP contribution is 2.39. The van der Waals surface area contributed by atoms with Gasteiger partial charge in [0.25, 0.3) is 0 Å². The quantitative estimate of drug-likeness (QED) is 0.765. The normalized spacial score (nSPS) is 34.1. The van der Waals surface area contributed by atoms with Gasteiger partial charge in [-0.15, -0.1) is 0 Å². The third-order valence-corrected chi connectivity index (χ3v) is 4.45. The lowest BCUT2D eigenvalue weighted by Crippen LogP contribution is -2.53. The second-order valence-corrected chi connectivity index (χ2v) is 5.52. The van der Waals surface area contributed by atoms with E-state index in [1.807, 2.05) is 0 Å². The van der Waals surface area contributed by atoms with Crippen molar-refractivity contribution < 1.29 is 9.90 Å². The van der Waals surface area contributed by atoms with Crippen LogP contribution in [0.4, 0.5) is 0 Å². The minimum Gasteiger partial charge on any atom is -0.390 e. The van der Waals surface area contributed by atoms with Crippen LogP contribution >= 0.6 is 0 Å². The van der Waals surface area contributed by atoms with Crippen LogP contribution in [0.2, 0.25) is 0 Å². The first-order valence-corrected chi connectivity index (χ1v) is 6.79. The Balaban J connectivity index is 1.82. The average molecular weight is 240 g/mol. The molecule has 2 fully saturated rings. The zero-order valence-corrected chi connectivity index (χ0v) is 10.7. The van der Waals surface area contributed by atoms with Crippen LogP contribution in [0.25, 0.3) is 0 Å². The minimum atomic E-state index is -0.401. The summed E-state index contributed by atoms with van der Waals surface area (Å²) in [7, 11) is 1.68. The summed E-state index contributed by atoms with van der Waals surface area (Å²) in [6.07, 6.45) is 5.99. The van der Waals surface area contributed by atoms with E-state index in [4.69, 9.17) is 0 Å². The van der Waals surface area contributed by atoms with Gasteiger partial charge < -0.3 is 15.3 Å². The maximum Gasteiger partial charge on any atom is 0.221 e. The van der Waals surface area contributed by atoms with Gasteiger partial charge in [-0.05, 0) is 19.3 Å². The smallest absolute Gasteiger partial charge is 0.221 e.